The second-order valence-corrected chi connectivity index (χ2v) is 6.04. The molecule has 3 N–H and O–H groups in total. The number of nitrogens with one attached hydrogen (secondary N) is 1. The highest BCUT2D eigenvalue weighted by Gasteiger charge is 2.25. The molecule has 0 saturated heterocycles. The van der Waals surface area contributed by atoms with Crippen molar-refractivity contribution in [1.82, 2.24) is 5.43 Å². The third-order valence-corrected chi connectivity index (χ3v) is 4.65. The van der Waals surface area contributed by atoms with Gasteiger partial charge >= 0.3 is 0 Å². The van der Waals surface area contributed by atoms with Crippen molar-refractivity contribution in [3.63, 3.8) is 0 Å². The van der Waals surface area contributed by atoms with Crippen molar-refractivity contribution in [2.75, 3.05) is 14.2 Å². The fourth-order valence-corrected chi connectivity index (χ4v) is 3.56. The van der Waals surface area contributed by atoms with Gasteiger partial charge in [-0.05, 0) is 36.5 Å². The Hall–Kier alpha value is -0.970. The lowest BCUT2D eigenvalue weighted by atomic mass is 9.87. The first-order valence-corrected chi connectivity index (χ1v) is 7.96. The van der Waals surface area contributed by atoms with Crippen LogP contribution < -0.4 is 20.7 Å². The zero-order chi connectivity index (χ0) is 15.2. The molecule has 1 fully saturated rings. The summed E-state index contributed by atoms with van der Waals surface area (Å²) in [6, 6.07) is 4.00. The predicted molar refractivity (Wildman–Crippen MR) is 85.8 cm³/mol. The van der Waals surface area contributed by atoms with E-state index in [1.165, 1.54) is 38.5 Å². The van der Waals surface area contributed by atoms with Crippen LogP contribution in [0.25, 0.3) is 0 Å². The summed E-state index contributed by atoms with van der Waals surface area (Å²) in [5.41, 5.74) is 4.04. The summed E-state index contributed by atoms with van der Waals surface area (Å²) in [6.45, 7) is 0. The molecule has 0 heterocycles. The molecular weight excluding hydrogens is 288 g/mol. The van der Waals surface area contributed by atoms with Crippen LogP contribution >= 0.6 is 11.6 Å². The maximum Gasteiger partial charge on any atom is 0.179 e. The van der Waals surface area contributed by atoms with Crippen molar-refractivity contribution < 1.29 is 9.47 Å². The first-order chi connectivity index (χ1) is 10.2. The average molecular weight is 313 g/mol. The Balaban J connectivity index is 2.30. The number of benzene rings is 1. The van der Waals surface area contributed by atoms with Crippen molar-refractivity contribution in [1.29, 1.82) is 0 Å². The SMILES string of the molecule is COc1cc(C(NN)C2CCCCCC2)cc(Cl)c1OC. The molecule has 1 atom stereocenters. The third kappa shape index (κ3) is 3.82. The lowest BCUT2D eigenvalue weighted by molar-refractivity contribution is 0.324. The molecule has 1 aliphatic rings. The van der Waals surface area contributed by atoms with Gasteiger partial charge in [-0.15, -0.1) is 0 Å². The van der Waals surface area contributed by atoms with Crippen molar-refractivity contribution in [2.45, 2.75) is 44.6 Å². The second-order valence-electron chi connectivity index (χ2n) is 5.63. The van der Waals surface area contributed by atoms with Gasteiger partial charge in [-0.25, -0.2) is 0 Å². The fourth-order valence-electron chi connectivity index (χ4n) is 3.27. The summed E-state index contributed by atoms with van der Waals surface area (Å²) in [5.74, 6) is 7.58. The molecule has 1 aromatic rings. The zero-order valence-corrected chi connectivity index (χ0v) is 13.6. The molecule has 1 saturated carbocycles. The number of hydrogen-bond acceptors (Lipinski definition) is 4. The number of methoxy groups -OCH3 is 2. The van der Waals surface area contributed by atoms with Crippen molar-refractivity contribution in [2.24, 2.45) is 11.8 Å². The Kier molecular flexibility index (Phi) is 6.15. The van der Waals surface area contributed by atoms with E-state index in [-0.39, 0.29) is 6.04 Å². The summed E-state index contributed by atoms with van der Waals surface area (Å²) in [6.07, 6.45) is 7.57. The molecule has 0 aliphatic heterocycles. The van der Waals surface area contributed by atoms with Crippen LogP contribution in [0.15, 0.2) is 12.1 Å². The summed E-state index contributed by atoms with van der Waals surface area (Å²) >= 11 is 6.31. The minimum Gasteiger partial charge on any atom is -0.493 e. The Bertz CT molecular complexity index is 460. The van der Waals surface area contributed by atoms with Crippen LogP contribution in [0.5, 0.6) is 11.5 Å². The van der Waals surface area contributed by atoms with Crippen LogP contribution in [0.3, 0.4) is 0 Å². The van der Waals surface area contributed by atoms with E-state index in [2.05, 4.69) is 5.43 Å². The topological polar surface area (TPSA) is 56.5 Å². The molecule has 118 valence electrons. The van der Waals surface area contributed by atoms with E-state index in [4.69, 9.17) is 26.9 Å². The van der Waals surface area contributed by atoms with Gasteiger partial charge in [0.25, 0.3) is 0 Å². The number of hydrogen-bond donors (Lipinski definition) is 2. The molecule has 4 nitrogen and oxygen atoms in total. The monoisotopic (exact) mass is 312 g/mol. The van der Waals surface area contributed by atoms with Crippen LogP contribution in [-0.2, 0) is 0 Å². The standard InChI is InChI=1S/C16H25ClN2O2/c1-20-14-10-12(9-13(17)16(14)21-2)15(19-18)11-7-5-3-4-6-8-11/h9-11,15,19H,3-8,18H2,1-2H3. The zero-order valence-electron chi connectivity index (χ0n) is 12.8. The van der Waals surface area contributed by atoms with Crippen LogP contribution in [0.1, 0.15) is 50.1 Å². The number of ether oxygens (including phenoxy) is 2. The van der Waals surface area contributed by atoms with E-state index in [1.54, 1.807) is 14.2 Å². The molecule has 21 heavy (non-hydrogen) atoms. The summed E-state index contributed by atoms with van der Waals surface area (Å²) < 4.78 is 10.7. The Morgan fingerprint density at radius 1 is 1.14 bits per heavy atom. The van der Waals surface area contributed by atoms with E-state index in [0.717, 1.165) is 5.56 Å². The molecule has 5 heteroatoms. The maximum atomic E-state index is 6.31. The molecule has 1 aliphatic carbocycles. The van der Waals surface area contributed by atoms with E-state index in [1.807, 2.05) is 12.1 Å². The maximum absolute atomic E-state index is 6.31. The van der Waals surface area contributed by atoms with Gasteiger partial charge in [0, 0.05) is 6.04 Å². The molecule has 2 rings (SSSR count). The summed E-state index contributed by atoms with van der Waals surface area (Å²) in [4.78, 5) is 0. The van der Waals surface area contributed by atoms with Gasteiger partial charge in [0.05, 0.1) is 19.2 Å². The number of halogens is 1. The smallest absolute Gasteiger partial charge is 0.179 e. The molecule has 0 amide bonds. The van der Waals surface area contributed by atoms with Crippen LogP contribution in [-0.4, -0.2) is 14.2 Å². The van der Waals surface area contributed by atoms with E-state index in [9.17, 15) is 0 Å². The molecule has 0 spiro atoms. The molecule has 0 aromatic heterocycles. The van der Waals surface area contributed by atoms with Gasteiger partial charge in [-0.2, -0.15) is 0 Å². The van der Waals surface area contributed by atoms with Crippen molar-refractivity contribution in [3.05, 3.63) is 22.7 Å². The van der Waals surface area contributed by atoms with Gasteiger partial charge in [0.15, 0.2) is 11.5 Å². The Labute approximate surface area is 131 Å². The lowest BCUT2D eigenvalue weighted by Gasteiger charge is -2.27. The minimum absolute atomic E-state index is 0.0976. The van der Waals surface area contributed by atoms with E-state index >= 15 is 0 Å². The molecule has 1 unspecified atom stereocenters. The fraction of sp³-hybridized carbons (Fsp3) is 0.625. The number of nitrogens with two attached hydrogens (primary N) is 1. The summed E-state index contributed by atoms with van der Waals surface area (Å²) in [7, 11) is 3.21. The highest BCUT2D eigenvalue weighted by molar-refractivity contribution is 6.32. The Morgan fingerprint density at radius 3 is 2.33 bits per heavy atom. The minimum atomic E-state index is 0.0976. The first-order valence-electron chi connectivity index (χ1n) is 7.58. The second kappa shape index (κ2) is 7.87. The van der Waals surface area contributed by atoms with Crippen LogP contribution in [0.4, 0.5) is 0 Å². The highest BCUT2D eigenvalue weighted by Crippen LogP contribution is 2.40. The quantitative estimate of drug-likeness (QED) is 0.493. The molecule has 0 radical (unpaired) electrons. The van der Waals surface area contributed by atoms with Crippen LogP contribution in [0.2, 0.25) is 5.02 Å². The lowest BCUT2D eigenvalue weighted by Crippen LogP contribution is -2.33. The van der Waals surface area contributed by atoms with Gasteiger partial charge < -0.3 is 9.47 Å². The van der Waals surface area contributed by atoms with Gasteiger partial charge in [-0.1, -0.05) is 37.3 Å². The van der Waals surface area contributed by atoms with Crippen molar-refractivity contribution >= 4 is 11.6 Å². The van der Waals surface area contributed by atoms with Crippen LogP contribution in [0, 0.1) is 5.92 Å². The number of hydrazine groups is 1. The van der Waals surface area contributed by atoms with Gasteiger partial charge in [0.2, 0.25) is 0 Å². The van der Waals surface area contributed by atoms with E-state index < -0.39 is 0 Å². The normalized spacial score (nSPS) is 18.1. The average Bonchev–Trinajstić information content (AvgIpc) is 2.76. The molecular formula is C16H25ClN2O2. The van der Waals surface area contributed by atoms with Gasteiger partial charge in [-0.3, -0.25) is 11.3 Å². The third-order valence-electron chi connectivity index (χ3n) is 4.37. The molecule has 0 bridgehead atoms. The predicted octanol–water partition coefficient (Wildman–Crippen LogP) is 3.83. The highest BCUT2D eigenvalue weighted by atomic mass is 35.5. The van der Waals surface area contributed by atoms with Gasteiger partial charge in [0.1, 0.15) is 0 Å². The Morgan fingerprint density at radius 2 is 1.81 bits per heavy atom. The van der Waals surface area contributed by atoms with E-state index in [0.29, 0.717) is 22.4 Å². The largest absolute Gasteiger partial charge is 0.493 e. The summed E-state index contributed by atoms with van der Waals surface area (Å²) in [5, 5.41) is 0.556. The molecule has 1 aromatic carbocycles. The first kappa shape index (κ1) is 16.4. The number of rotatable bonds is 5. The van der Waals surface area contributed by atoms with Crippen molar-refractivity contribution in [3.8, 4) is 11.5 Å².